The number of rotatable bonds is 36. The number of ether oxygens (including phenoxy) is 2. The van der Waals surface area contributed by atoms with Crippen LogP contribution in [0.1, 0.15) is 194 Å². The van der Waals surface area contributed by atoms with Gasteiger partial charge in [0, 0.05) is 0 Å². The Kier molecular flexibility index (Phi) is 31.4. The van der Waals surface area contributed by atoms with E-state index in [0.717, 1.165) is 44.4 Å². The maximum atomic E-state index is 13.4. The molecule has 0 radical (unpaired) electrons. The Morgan fingerprint density at radius 2 is 1.13 bits per heavy atom. The first kappa shape index (κ1) is 50.1. The number of hydrogen-bond acceptors (Lipinski definition) is 9. The first-order chi connectivity index (χ1) is 25.7. The van der Waals surface area contributed by atoms with E-state index in [-0.39, 0.29) is 6.61 Å². The number of aliphatic hydroxyl groups excluding tert-OH is 6. The lowest BCUT2D eigenvalue weighted by Crippen LogP contribution is -2.59. The molecule has 1 heterocycles. The van der Waals surface area contributed by atoms with Crippen LogP contribution >= 0.6 is 0 Å². The quantitative estimate of drug-likeness (QED) is 0.0273. The van der Waals surface area contributed by atoms with Crippen LogP contribution in [0.25, 0.3) is 0 Å². The Bertz CT molecular complexity index is 868. The van der Waals surface area contributed by atoms with Gasteiger partial charge in [0.15, 0.2) is 12.1 Å². The molecule has 1 fully saturated rings. The summed E-state index contributed by atoms with van der Waals surface area (Å²) in [5, 5.41) is 62.1. The van der Waals surface area contributed by atoms with Crippen LogP contribution in [0.3, 0.4) is 0 Å². The fourth-order valence-electron chi connectivity index (χ4n) is 7.24. The summed E-state index contributed by atoms with van der Waals surface area (Å²) in [6.45, 7) is 5.88. The van der Waals surface area contributed by atoms with Gasteiger partial charge in [-0.3, -0.25) is 4.79 Å². The third kappa shape index (κ3) is 23.7. The predicted octanol–water partition coefficient (Wildman–Crippen LogP) is 8.47. The highest BCUT2D eigenvalue weighted by atomic mass is 16.7. The van der Waals surface area contributed by atoms with Crippen molar-refractivity contribution in [1.82, 2.24) is 0 Å². The number of carbonyl (C=O) groups is 1. The number of Topliss-reactive ketones (excluding diaryl/α,β-unsaturated/α-hetero) is 1. The topological polar surface area (TPSA) is 157 Å². The third-order valence-electron chi connectivity index (χ3n) is 11.3. The predicted molar refractivity (Wildman–Crippen MR) is 215 cm³/mol. The van der Waals surface area contributed by atoms with E-state index in [1.54, 1.807) is 6.08 Å². The molecule has 1 aliphatic heterocycles. The van der Waals surface area contributed by atoms with Crippen LogP contribution in [0, 0.1) is 11.8 Å². The number of allylic oxidation sites excluding steroid dienone is 1. The van der Waals surface area contributed by atoms with E-state index in [1.165, 1.54) is 122 Å². The molecule has 9 heteroatoms. The maximum Gasteiger partial charge on any atom is 0.186 e. The largest absolute Gasteiger partial charge is 0.394 e. The Hall–Kier alpha value is -0.910. The molecular weight excluding hydrogens is 672 g/mol. The molecule has 1 rings (SSSR count). The summed E-state index contributed by atoms with van der Waals surface area (Å²) in [6.07, 6.45) is 25.4. The van der Waals surface area contributed by atoms with Crippen molar-refractivity contribution < 1.29 is 44.9 Å². The van der Waals surface area contributed by atoms with Gasteiger partial charge in [0.05, 0.1) is 25.2 Å². The minimum Gasteiger partial charge on any atom is -0.394 e. The minimum absolute atomic E-state index is 0.293. The molecule has 1 saturated heterocycles. The standard InChI is InChI=1S/C44H84O9/c1-4-6-7-8-9-10-11-16-19-22-25-28-31-37(46)36(34-52-44-43(51)42(50)41(49)39(33-45)53-44)40(48)38(47)32-29-26-23-20-17-14-12-13-15-18-21-24-27-30-35(3)5-2/h28,31,35-39,41-47,49-51H,4-27,29-30,32-34H2,1-3H3/b31-28+/t35?,36-,37+,38+,39+,41-,42-,43+,44+/m0/s1. The second-order valence-electron chi connectivity index (χ2n) is 16.1. The molecule has 0 bridgehead atoms. The van der Waals surface area contributed by atoms with E-state index in [9.17, 15) is 35.4 Å². The van der Waals surface area contributed by atoms with Gasteiger partial charge in [-0.05, 0) is 25.2 Å². The summed E-state index contributed by atoms with van der Waals surface area (Å²) >= 11 is 0. The van der Waals surface area contributed by atoms with E-state index in [1.807, 2.05) is 6.08 Å². The third-order valence-corrected chi connectivity index (χ3v) is 11.3. The zero-order valence-corrected chi connectivity index (χ0v) is 34.3. The molecule has 314 valence electrons. The molecule has 0 spiro atoms. The van der Waals surface area contributed by atoms with Gasteiger partial charge in [-0.25, -0.2) is 0 Å². The normalized spacial score (nSPS) is 23.0. The summed E-state index contributed by atoms with van der Waals surface area (Å²) in [6, 6.07) is 0. The van der Waals surface area contributed by atoms with E-state index in [2.05, 4.69) is 20.8 Å². The molecule has 1 aliphatic rings. The van der Waals surface area contributed by atoms with Crippen molar-refractivity contribution in [3.8, 4) is 0 Å². The highest BCUT2D eigenvalue weighted by Crippen LogP contribution is 2.24. The zero-order chi connectivity index (χ0) is 39.1. The molecular formula is C44H84O9. The molecule has 0 saturated carbocycles. The smallest absolute Gasteiger partial charge is 0.186 e. The molecule has 0 aromatic heterocycles. The second-order valence-corrected chi connectivity index (χ2v) is 16.1. The van der Waals surface area contributed by atoms with Crippen molar-refractivity contribution in [2.45, 2.75) is 237 Å². The molecule has 1 unspecified atom stereocenters. The van der Waals surface area contributed by atoms with Crippen LogP contribution in [0.4, 0.5) is 0 Å². The molecule has 9 atom stereocenters. The lowest BCUT2D eigenvalue weighted by Gasteiger charge is -2.40. The highest BCUT2D eigenvalue weighted by Gasteiger charge is 2.44. The Morgan fingerprint density at radius 3 is 1.62 bits per heavy atom. The number of unbranched alkanes of at least 4 members (excludes halogenated alkanes) is 22. The van der Waals surface area contributed by atoms with Crippen molar-refractivity contribution in [3.63, 3.8) is 0 Å². The molecule has 0 aromatic rings. The molecule has 9 nitrogen and oxygen atoms in total. The van der Waals surface area contributed by atoms with Gasteiger partial charge in [0.1, 0.15) is 30.5 Å². The Morgan fingerprint density at radius 1 is 0.660 bits per heavy atom. The summed E-state index contributed by atoms with van der Waals surface area (Å²) in [7, 11) is 0. The fraction of sp³-hybridized carbons (Fsp3) is 0.932. The van der Waals surface area contributed by atoms with Crippen LogP contribution in [0.15, 0.2) is 12.2 Å². The summed E-state index contributed by atoms with van der Waals surface area (Å²) < 4.78 is 11.1. The number of hydrogen-bond donors (Lipinski definition) is 6. The molecule has 0 aliphatic carbocycles. The van der Waals surface area contributed by atoms with Gasteiger partial charge >= 0.3 is 0 Å². The van der Waals surface area contributed by atoms with Gasteiger partial charge in [-0.1, -0.05) is 187 Å². The summed E-state index contributed by atoms with van der Waals surface area (Å²) in [4.78, 5) is 13.4. The van der Waals surface area contributed by atoms with Crippen molar-refractivity contribution >= 4 is 5.78 Å². The summed E-state index contributed by atoms with van der Waals surface area (Å²) in [5.41, 5.74) is 0. The van der Waals surface area contributed by atoms with Gasteiger partial charge < -0.3 is 40.1 Å². The van der Waals surface area contributed by atoms with Crippen LogP contribution in [0.2, 0.25) is 0 Å². The van der Waals surface area contributed by atoms with Gasteiger partial charge in [0.2, 0.25) is 0 Å². The fourth-order valence-corrected chi connectivity index (χ4v) is 7.24. The van der Waals surface area contributed by atoms with E-state index < -0.39 is 61.2 Å². The average Bonchev–Trinajstić information content (AvgIpc) is 3.16. The number of carbonyl (C=O) groups excluding carboxylic acids is 1. The van der Waals surface area contributed by atoms with Crippen LogP contribution in [-0.2, 0) is 14.3 Å². The maximum absolute atomic E-state index is 13.4. The van der Waals surface area contributed by atoms with Crippen molar-refractivity contribution in [1.29, 1.82) is 0 Å². The SMILES string of the molecule is CCCCCCCCCCCC/C=C/[C@@H](O)[C@H](CO[C@@H]1O[C@H](CO)[C@H](O)[C@H](O)[C@H]1O)C(=O)[C@H](O)CCCCCCCCCCCCCCCC(C)CC. The Labute approximate surface area is 324 Å². The average molecular weight is 757 g/mol. The van der Waals surface area contributed by atoms with Gasteiger partial charge in [-0.2, -0.15) is 0 Å². The molecule has 0 amide bonds. The van der Waals surface area contributed by atoms with Gasteiger partial charge in [-0.15, -0.1) is 0 Å². The van der Waals surface area contributed by atoms with Crippen molar-refractivity contribution in [2.75, 3.05) is 13.2 Å². The van der Waals surface area contributed by atoms with Gasteiger partial charge in [0.25, 0.3) is 0 Å². The first-order valence-corrected chi connectivity index (χ1v) is 22.2. The second kappa shape index (κ2) is 33.3. The van der Waals surface area contributed by atoms with E-state index in [0.29, 0.717) is 12.8 Å². The lowest BCUT2D eigenvalue weighted by atomic mass is 9.91. The monoisotopic (exact) mass is 757 g/mol. The van der Waals surface area contributed by atoms with Crippen molar-refractivity contribution in [2.24, 2.45) is 11.8 Å². The first-order valence-electron chi connectivity index (χ1n) is 22.2. The Balaban J connectivity index is 2.44. The molecule has 0 aromatic carbocycles. The lowest BCUT2D eigenvalue weighted by molar-refractivity contribution is -0.303. The zero-order valence-electron chi connectivity index (χ0n) is 34.3. The highest BCUT2D eigenvalue weighted by molar-refractivity contribution is 5.86. The minimum atomic E-state index is -1.62. The van der Waals surface area contributed by atoms with E-state index >= 15 is 0 Å². The molecule has 6 N–H and O–H groups in total. The molecule has 53 heavy (non-hydrogen) atoms. The van der Waals surface area contributed by atoms with E-state index in [4.69, 9.17) is 9.47 Å². The number of aliphatic hydroxyl groups is 6. The number of ketones is 1. The summed E-state index contributed by atoms with van der Waals surface area (Å²) in [5.74, 6) is -0.793. The van der Waals surface area contributed by atoms with Crippen LogP contribution in [-0.4, -0.2) is 92.5 Å². The van der Waals surface area contributed by atoms with Crippen LogP contribution < -0.4 is 0 Å². The van der Waals surface area contributed by atoms with Crippen molar-refractivity contribution in [3.05, 3.63) is 12.2 Å². The van der Waals surface area contributed by atoms with Crippen LogP contribution in [0.5, 0.6) is 0 Å².